The summed E-state index contributed by atoms with van der Waals surface area (Å²) in [7, 11) is 1.64. The maximum Gasteiger partial charge on any atom is 0.126 e. The normalized spacial score (nSPS) is 10.6. The molecule has 0 aliphatic rings. The van der Waals surface area contributed by atoms with E-state index in [0.717, 1.165) is 22.6 Å². The minimum atomic E-state index is -0.452. The topological polar surface area (TPSA) is 63.9 Å². The number of ether oxygens (including phenoxy) is 1. The molecule has 2 rings (SSSR count). The molecule has 0 amide bonds. The average Bonchev–Trinajstić information content (AvgIpc) is 2.59. The number of H-pyrrole nitrogens is 1. The number of hydrogen-bond donors (Lipinski definition) is 2. The van der Waals surface area contributed by atoms with Gasteiger partial charge in [0.05, 0.1) is 23.7 Å². The Balaban J connectivity index is 0.00000128. The molecule has 0 saturated heterocycles. The number of hydrogen-bond acceptors (Lipinski definition) is 3. The lowest BCUT2D eigenvalue weighted by Gasteiger charge is -2.13. The molecule has 0 radical (unpaired) electrons. The van der Waals surface area contributed by atoms with Crippen LogP contribution in [0.3, 0.4) is 0 Å². The third-order valence-electron chi connectivity index (χ3n) is 2.30. The predicted octanol–water partition coefficient (Wildman–Crippen LogP) is 2.61. The van der Waals surface area contributed by atoms with Crippen LogP contribution in [0.1, 0.15) is 19.7 Å². The number of imidazole rings is 1. The van der Waals surface area contributed by atoms with Crippen molar-refractivity contribution in [3.05, 3.63) is 24.0 Å². The molecule has 0 spiro atoms. The summed E-state index contributed by atoms with van der Waals surface area (Å²) >= 11 is 0. The minimum absolute atomic E-state index is 0. The van der Waals surface area contributed by atoms with Gasteiger partial charge in [0.25, 0.3) is 0 Å². The Kier molecular flexibility index (Phi) is 5.26. The standard InChI is InChI=1S/C11H15N3O.2ClH/c1-11(2,12)10-13-8-5-4-7(15-3)6-9(8)14-10;;/h4-6H,12H2,1-3H3,(H,13,14);2*1H. The largest absolute Gasteiger partial charge is 0.497 e. The number of benzene rings is 1. The highest BCUT2D eigenvalue weighted by Crippen LogP contribution is 2.22. The van der Waals surface area contributed by atoms with Crippen molar-refractivity contribution < 1.29 is 4.74 Å². The summed E-state index contributed by atoms with van der Waals surface area (Å²) < 4.78 is 5.14. The molecule has 0 saturated carbocycles. The maximum absolute atomic E-state index is 5.97. The maximum atomic E-state index is 5.97. The zero-order valence-corrected chi connectivity index (χ0v) is 11.6. The van der Waals surface area contributed by atoms with Crippen molar-refractivity contribution in [3.8, 4) is 5.75 Å². The van der Waals surface area contributed by atoms with Crippen LogP contribution in [0, 0.1) is 0 Å². The summed E-state index contributed by atoms with van der Waals surface area (Å²) in [5, 5.41) is 0. The first kappa shape index (κ1) is 16.0. The van der Waals surface area contributed by atoms with Gasteiger partial charge in [0.15, 0.2) is 0 Å². The van der Waals surface area contributed by atoms with Crippen LogP contribution in [0.2, 0.25) is 0 Å². The molecule has 1 heterocycles. The quantitative estimate of drug-likeness (QED) is 0.887. The van der Waals surface area contributed by atoms with E-state index in [-0.39, 0.29) is 24.8 Å². The van der Waals surface area contributed by atoms with E-state index in [9.17, 15) is 0 Å². The minimum Gasteiger partial charge on any atom is -0.497 e. The lowest BCUT2D eigenvalue weighted by molar-refractivity contribution is 0.415. The smallest absolute Gasteiger partial charge is 0.126 e. The van der Waals surface area contributed by atoms with Crippen LogP contribution >= 0.6 is 24.8 Å². The Morgan fingerprint density at radius 2 is 1.94 bits per heavy atom. The average molecular weight is 278 g/mol. The fraction of sp³-hybridized carbons (Fsp3) is 0.364. The molecule has 6 heteroatoms. The molecular formula is C11H17Cl2N3O. The van der Waals surface area contributed by atoms with Crippen LogP contribution in [0.5, 0.6) is 5.75 Å². The monoisotopic (exact) mass is 277 g/mol. The van der Waals surface area contributed by atoms with Crippen molar-refractivity contribution in [2.45, 2.75) is 19.4 Å². The van der Waals surface area contributed by atoms with Gasteiger partial charge in [0, 0.05) is 6.07 Å². The number of nitrogens with zero attached hydrogens (tertiary/aromatic N) is 1. The zero-order chi connectivity index (χ0) is 11.1. The van der Waals surface area contributed by atoms with Gasteiger partial charge in [-0.1, -0.05) is 0 Å². The lowest BCUT2D eigenvalue weighted by atomic mass is 10.1. The van der Waals surface area contributed by atoms with E-state index in [1.807, 2.05) is 32.0 Å². The Bertz CT molecular complexity index is 491. The van der Waals surface area contributed by atoms with E-state index in [0.29, 0.717) is 0 Å². The Labute approximate surface area is 113 Å². The van der Waals surface area contributed by atoms with Gasteiger partial charge in [-0.25, -0.2) is 4.98 Å². The van der Waals surface area contributed by atoms with Gasteiger partial charge in [-0.2, -0.15) is 0 Å². The summed E-state index contributed by atoms with van der Waals surface area (Å²) in [5.74, 6) is 1.60. The van der Waals surface area contributed by atoms with E-state index in [4.69, 9.17) is 10.5 Å². The Hall–Kier alpha value is -0.970. The summed E-state index contributed by atoms with van der Waals surface area (Å²) in [6.07, 6.45) is 0. The fourth-order valence-electron chi connectivity index (χ4n) is 1.42. The second-order valence-corrected chi connectivity index (χ2v) is 4.19. The van der Waals surface area contributed by atoms with Crippen molar-refractivity contribution in [1.82, 2.24) is 9.97 Å². The first-order valence-electron chi connectivity index (χ1n) is 4.84. The molecule has 3 N–H and O–H groups in total. The van der Waals surface area contributed by atoms with E-state index in [1.165, 1.54) is 0 Å². The van der Waals surface area contributed by atoms with Gasteiger partial charge in [-0.15, -0.1) is 24.8 Å². The van der Waals surface area contributed by atoms with Gasteiger partial charge in [-0.05, 0) is 26.0 Å². The number of aromatic nitrogens is 2. The van der Waals surface area contributed by atoms with Gasteiger partial charge < -0.3 is 15.5 Å². The molecule has 1 aromatic heterocycles. The number of rotatable bonds is 2. The summed E-state index contributed by atoms with van der Waals surface area (Å²) in [4.78, 5) is 7.62. The van der Waals surface area contributed by atoms with Crippen molar-refractivity contribution in [1.29, 1.82) is 0 Å². The first-order valence-corrected chi connectivity index (χ1v) is 4.84. The predicted molar refractivity (Wildman–Crippen MR) is 74.4 cm³/mol. The van der Waals surface area contributed by atoms with E-state index in [2.05, 4.69) is 9.97 Å². The summed E-state index contributed by atoms with van der Waals surface area (Å²) in [6, 6.07) is 5.72. The third-order valence-corrected chi connectivity index (χ3v) is 2.30. The molecule has 0 unspecified atom stereocenters. The molecule has 17 heavy (non-hydrogen) atoms. The molecule has 4 nitrogen and oxygen atoms in total. The van der Waals surface area contributed by atoms with Crippen LogP contribution in [0.15, 0.2) is 18.2 Å². The number of aromatic amines is 1. The highest BCUT2D eigenvalue weighted by atomic mass is 35.5. The third kappa shape index (κ3) is 3.25. The van der Waals surface area contributed by atoms with Crippen molar-refractivity contribution in [2.75, 3.05) is 7.11 Å². The first-order chi connectivity index (χ1) is 7.00. The van der Waals surface area contributed by atoms with Gasteiger partial charge >= 0.3 is 0 Å². The highest BCUT2D eigenvalue weighted by molar-refractivity contribution is 5.85. The number of nitrogens with one attached hydrogen (secondary N) is 1. The number of fused-ring (bicyclic) bond motifs is 1. The number of methoxy groups -OCH3 is 1. The van der Waals surface area contributed by atoms with E-state index >= 15 is 0 Å². The molecule has 2 aromatic rings. The second-order valence-electron chi connectivity index (χ2n) is 4.19. The van der Waals surface area contributed by atoms with Gasteiger partial charge in [0.2, 0.25) is 0 Å². The summed E-state index contributed by atoms with van der Waals surface area (Å²) in [5.41, 5.74) is 7.37. The van der Waals surface area contributed by atoms with Crippen LogP contribution in [0.4, 0.5) is 0 Å². The second kappa shape index (κ2) is 5.58. The Morgan fingerprint density at radius 3 is 2.47 bits per heavy atom. The van der Waals surface area contributed by atoms with Crippen molar-refractivity contribution in [3.63, 3.8) is 0 Å². The zero-order valence-electron chi connectivity index (χ0n) is 9.98. The number of nitrogens with two attached hydrogens (primary N) is 1. The van der Waals surface area contributed by atoms with Crippen molar-refractivity contribution in [2.24, 2.45) is 5.73 Å². The SMILES string of the molecule is COc1ccc2nc(C(C)(C)N)[nH]c2c1.Cl.Cl. The molecule has 1 aromatic carbocycles. The fourth-order valence-corrected chi connectivity index (χ4v) is 1.42. The van der Waals surface area contributed by atoms with Crippen LogP contribution in [0.25, 0.3) is 11.0 Å². The highest BCUT2D eigenvalue weighted by Gasteiger charge is 2.18. The Morgan fingerprint density at radius 1 is 1.29 bits per heavy atom. The van der Waals surface area contributed by atoms with E-state index < -0.39 is 5.54 Å². The van der Waals surface area contributed by atoms with E-state index in [1.54, 1.807) is 7.11 Å². The van der Waals surface area contributed by atoms with Crippen molar-refractivity contribution >= 4 is 35.8 Å². The van der Waals surface area contributed by atoms with Crippen LogP contribution in [-0.4, -0.2) is 17.1 Å². The molecule has 0 bridgehead atoms. The molecule has 96 valence electrons. The van der Waals surface area contributed by atoms with Gasteiger partial charge in [-0.3, -0.25) is 0 Å². The number of halogens is 2. The molecular weight excluding hydrogens is 261 g/mol. The lowest BCUT2D eigenvalue weighted by Crippen LogP contribution is -2.30. The molecule has 0 atom stereocenters. The molecule has 0 aliphatic carbocycles. The van der Waals surface area contributed by atoms with Gasteiger partial charge in [0.1, 0.15) is 11.6 Å². The summed E-state index contributed by atoms with van der Waals surface area (Å²) in [6.45, 7) is 3.84. The van der Waals surface area contributed by atoms with Crippen LogP contribution in [-0.2, 0) is 5.54 Å². The molecule has 0 aliphatic heterocycles. The molecule has 0 fully saturated rings. The van der Waals surface area contributed by atoms with Crippen LogP contribution < -0.4 is 10.5 Å².